The van der Waals surface area contributed by atoms with Crippen LogP contribution in [0.2, 0.25) is 0 Å². The monoisotopic (exact) mass is 335 g/mol. The number of nitro groups is 2. The fourth-order valence-electron chi connectivity index (χ4n) is 2.00. The fourth-order valence-corrected chi connectivity index (χ4v) is 2.00. The minimum absolute atomic E-state index is 0.0359. The zero-order valence-electron chi connectivity index (χ0n) is 12.5. The van der Waals surface area contributed by atoms with Gasteiger partial charge < -0.3 is 10.4 Å². The number of carbonyl (C=O) groups is 1. The number of rotatable bonds is 6. The quantitative estimate of drug-likeness (QED) is 0.463. The third kappa shape index (κ3) is 3.63. The maximum Gasteiger partial charge on any atom is 0.309 e. The van der Waals surface area contributed by atoms with Crippen LogP contribution in [0.1, 0.15) is 12.1 Å². The first-order chi connectivity index (χ1) is 11.3. The van der Waals surface area contributed by atoms with Crippen molar-refractivity contribution in [3.63, 3.8) is 0 Å². The minimum atomic E-state index is -0.668. The van der Waals surface area contributed by atoms with Gasteiger partial charge in [-0.15, -0.1) is 0 Å². The van der Waals surface area contributed by atoms with E-state index in [-0.39, 0.29) is 30.0 Å². The molecule has 0 fully saturated rings. The third-order valence-electron chi connectivity index (χ3n) is 3.29. The molecule has 0 aliphatic carbocycles. The number of non-ortho nitro benzene ring substituents is 1. The van der Waals surface area contributed by atoms with Crippen LogP contribution in [0, 0.1) is 27.2 Å². The molecule has 0 radical (unpaired) electrons. The summed E-state index contributed by atoms with van der Waals surface area (Å²) >= 11 is 0. The Hall–Kier alpha value is -3.50. The topological polar surface area (TPSA) is 153 Å². The molecule has 0 spiro atoms. The number of aromatic hydroxyl groups is 1. The Morgan fingerprint density at radius 1 is 1.33 bits per heavy atom. The molecule has 11 nitrogen and oxygen atoms in total. The van der Waals surface area contributed by atoms with Gasteiger partial charge in [0.1, 0.15) is 17.6 Å². The van der Waals surface area contributed by atoms with Crippen molar-refractivity contribution >= 4 is 23.0 Å². The Kier molecular flexibility index (Phi) is 4.73. The molecule has 1 heterocycles. The Bertz CT molecular complexity index is 815. The second kappa shape index (κ2) is 6.73. The predicted octanol–water partition coefficient (Wildman–Crippen LogP) is 1.74. The summed E-state index contributed by atoms with van der Waals surface area (Å²) in [5.74, 6) is -0.903. The standard InChI is InChI=1S/C13H13N5O6/c1-8-11(18(23)24)7-14-16(8)5-4-13(20)15-10-3-2-9(17(21)22)6-12(10)19/h2-3,6-7,19H,4-5H2,1H3,(H,15,20). The van der Waals surface area contributed by atoms with Gasteiger partial charge in [0, 0.05) is 12.5 Å². The van der Waals surface area contributed by atoms with Crippen LogP contribution >= 0.6 is 0 Å². The summed E-state index contributed by atoms with van der Waals surface area (Å²) in [5, 5.41) is 37.2. The number of phenols is 1. The summed E-state index contributed by atoms with van der Waals surface area (Å²) in [4.78, 5) is 31.9. The van der Waals surface area contributed by atoms with E-state index < -0.39 is 21.5 Å². The van der Waals surface area contributed by atoms with Gasteiger partial charge in [0.2, 0.25) is 5.91 Å². The molecule has 0 saturated carbocycles. The fraction of sp³-hybridized carbons (Fsp3) is 0.231. The van der Waals surface area contributed by atoms with Crippen LogP contribution in [0.5, 0.6) is 5.75 Å². The molecule has 126 valence electrons. The van der Waals surface area contributed by atoms with E-state index in [2.05, 4.69) is 10.4 Å². The van der Waals surface area contributed by atoms with E-state index in [1.54, 1.807) is 0 Å². The first-order valence-electron chi connectivity index (χ1n) is 6.73. The van der Waals surface area contributed by atoms with Gasteiger partial charge in [0.25, 0.3) is 5.69 Å². The second-order valence-electron chi connectivity index (χ2n) is 4.85. The molecular weight excluding hydrogens is 322 g/mol. The lowest BCUT2D eigenvalue weighted by atomic mass is 10.2. The highest BCUT2D eigenvalue weighted by Crippen LogP contribution is 2.28. The lowest BCUT2D eigenvalue weighted by Crippen LogP contribution is -2.15. The van der Waals surface area contributed by atoms with Gasteiger partial charge in [0.15, 0.2) is 0 Å². The highest BCUT2D eigenvalue weighted by atomic mass is 16.6. The maximum atomic E-state index is 11.9. The van der Waals surface area contributed by atoms with Crippen LogP contribution in [0.15, 0.2) is 24.4 Å². The van der Waals surface area contributed by atoms with Crippen molar-refractivity contribution in [3.8, 4) is 5.75 Å². The van der Waals surface area contributed by atoms with Gasteiger partial charge in [-0.3, -0.25) is 29.7 Å². The lowest BCUT2D eigenvalue weighted by molar-refractivity contribution is -0.385. The predicted molar refractivity (Wildman–Crippen MR) is 81.6 cm³/mol. The summed E-state index contributed by atoms with van der Waals surface area (Å²) in [6.45, 7) is 1.63. The number of carbonyl (C=O) groups excluding carboxylic acids is 1. The molecule has 0 aliphatic heterocycles. The van der Waals surface area contributed by atoms with E-state index in [1.807, 2.05) is 0 Å². The van der Waals surface area contributed by atoms with Crippen LogP contribution in [-0.2, 0) is 11.3 Å². The largest absolute Gasteiger partial charge is 0.506 e. The number of benzene rings is 1. The van der Waals surface area contributed by atoms with Gasteiger partial charge in [-0.2, -0.15) is 5.10 Å². The average Bonchev–Trinajstić information content (AvgIpc) is 2.88. The molecule has 24 heavy (non-hydrogen) atoms. The molecule has 2 aromatic rings. The number of nitrogens with one attached hydrogen (secondary N) is 1. The van der Waals surface area contributed by atoms with E-state index in [4.69, 9.17) is 0 Å². The zero-order valence-corrected chi connectivity index (χ0v) is 12.5. The molecule has 0 atom stereocenters. The number of anilines is 1. The average molecular weight is 335 g/mol. The SMILES string of the molecule is Cc1c([N+](=O)[O-])cnn1CCC(=O)Nc1ccc([N+](=O)[O-])cc1O. The minimum Gasteiger partial charge on any atom is -0.506 e. The van der Waals surface area contributed by atoms with Crippen molar-refractivity contribution in [2.75, 3.05) is 5.32 Å². The lowest BCUT2D eigenvalue weighted by Gasteiger charge is -2.08. The number of amides is 1. The molecule has 2 rings (SSSR count). The first-order valence-corrected chi connectivity index (χ1v) is 6.73. The smallest absolute Gasteiger partial charge is 0.309 e. The van der Waals surface area contributed by atoms with E-state index >= 15 is 0 Å². The molecule has 1 amide bonds. The number of hydrogen-bond acceptors (Lipinski definition) is 7. The highest BCUT2D eigenvalue weighted by Gasteiger charge is 2.17. The van der Waals surface area contributed by atoms with Gasteiger partial charge in [-0.1, -0.05) is 0 Å². The zero-order chi connectivity index (χ0) is 17.9. The van der Waals surface area contributed by atoms with Gasteiger partial charge >= 0.3 is 5.69 Å². The van der Waals surface area contributed by atoms with E-state index in [1.165, 1.54) is 17.7 Å². The summed E-state index contributed by atoms with van der Waals surface area (Å²) in [6, 6.07) is 3.29. The maximum absolute atomic E-state index is 11.9. The second-order valence-corrected chi connectivity index (χ2v) is 4.85. The molecule has 0 unspecified atom stereocenters. The Morgan fingerprint density at radius 2 is 2.04 bits per heavy atom. The summed E-state index contributed by atoms with van der Waals surface area (Å²) in [7, 11) is 0. The molecule has 0 bridgehead atoms. The third-order valence-corrected chi connectivity index (χ3v) is 3.29. The Labute approximate surface area is 134 Å². The number of phenolic OH excluding ortho intramolecular Hbond substituents is 1. The van der Waals surface area contributed by atoms with Crippen molar-refractivity contribution in [1.82, 2.24) is 9.78 Å². The van der Waals surface area contributed by atoms with Gasteiger partial charge in [-0.05, 0) is 13.0 Å². The summed E-state index contributed by atoms with van der Waals surface area (Å²) in [5.41, 5.74) is -0.0758. The normalized spacial score (nSPS) is 10.4. The van der Waals surface area contributed by atoms with E-state index in [0.29, 0.717) is 5.69 Å². The molecule has 1 aromatic carbocycles. The first kappa shape index (κ1) is 16.9. The molecule has 0 saturated heterocycles. The number of aromatic nitrogens is 2. The number of nitro benzene ring substituents is 1. The van der Waals surface area contributed by atoms with Crippen molar-refractivity contribution in [3.05, 3.63) is 50.3 Å². The van der Waals surface area contributed by atoms with Crippen LogP contribution in [0.3, 0.4) is 0 Å². The summed E-state index contributed by atoms with van der Waals surface area (Å²) in [6.07, 6.45) is 1.06. The highest BCUT2D eigenvalue weighted by molar-refractivity contribution is 5.92. The molecule has 1 aromatic heterocycles. The van der Waals surface area contributed by atoms with Crippen molar-refractivity contribution in [1.29, 1.82) is 0 Å². The Balaban J connectivity index is 1.99. The number of aryl methyl sites for hydroxylation is 1. The van der Waals surface area contributed by atoms with Gasteiger partial charge in [0.05, 0.1) is 28.1 Å². The Morgan fingerprint density at radius 3 is 2.58 bits per heavy atom. The van der Waals surface area contributed by atoms with Crippen molar-refractivity contribution in [2.45, 2.75) is 19.9 Å². The number of hydrogen-bond donors (Lipinski definition) is 2. The van der Waals surface area contributed by atoms with E-state index in [9.17, 15) is 30.1 Å². The van der Waals surface area contributed by atoms with Gasteiger partial charge in [-0.25, -0.2) is 0 Å². The summed E-state index contributed by atoms with van der Waals surface area (Å²) < 4.78 is 1.33. The van der Waals surface area contributed by atoms with Crippen LogP contribution in [0.25, 0.3) is 0 Å². The van der Waals surface area contributed by atoms with Crippen LogP contribution in [0.4, 0.5) is 17.1 Å². The van der Waals surface area contributed by atoms with Crippen molar-refractivity contribution < 1.29 is 19.7 Å². The van der Waals surface area contributed by atoms with Crippen LogP contribution < -0.4 is 5.32 Å². The number of nitrogens with zero attached hydrogens (tertiary/aromatic N) is 4. The van der Waals surface area contributed by atoms with Crippen LogP contribution in [-0.4, -0.2) is 30.6 Å². The molecule has 2 N–H and O–H groups in total. The van der Waals surface area contributed by atoms with Crippen molar-refractivity contribution in [2.24, 2.45) is 0 Å². The molecule has 11 heteroatoms. The molecular formula is C13H13N5O6. The van der Waals surface area contributed by atoms with E-state index in [0.717, 1.165) is 18.3 Å². The molecule has 0 aliphatic rings.